The van der Waals surface area contributed by atoms with Gasteiger partial charge in [-0.05, 0) is 57.6 Å². The van der Waals surface area contributed by atoms with Gasteiger partial charge < -0.3 is 24.4 Å². The normalized spacial score (nSPS) is 30.9. The van der Waals surface area contributed by atoms with E-state index in [-0.39, 0.29) is 37.5 Å². The van der Waals surface area contributed by atoms with Crippen LogP contribution in [0.25, 0.3) is 0 Å². The summed E-state index contributed by atoms with van der Waals surface area (Å²) in [5.74, 6) is -2.64. The van der Waals surface area contributed by atoms with Gasteiger partial charge in [0.2, 0.25) is 5.91 Å². The number of amides is 2. The Bertz CT molecular complexity index is 1110. The van der Waals surface area contributed by atoms with E-state index in [0.717, 1.165) is 18.4 Å². The molecule has 8 nitrogen and oxygen atoms in total. The highest BCUT2D eigenvalue weighted by atomic mass is 35.5. The highest BCUT2D eigenvalue weighted by molar-refractivity contribution is 6.34. The van der Waals surface area contributed by atoms with Gasteiger partial charge in [0.05, 0.1) is 28.8 Å². The van der Waals surface area contributed by atoms with Crippen molar-refractivity contribution in [3.63, 3.8) is 0 Å². The lowest BCUT2D eigenvalue weighted by Crippen LogP contribution is -2.57. The Labute approximate surface area is 236 Å². The van der Waals surface area contributed by atoms with E-state index in [1.165, 1.54) is 0 Å². The first-order valence-electron chi connectivity index (χ1n) is 14.0. The first kappa shape index (κ1) is 29.6. The molecule has 3 aliphatic heterocycles. The highest BCUT2D eigenvalue weighted by Crippen LogP contribution is 2.65. The molecule has 1 aromatic carbocycles. The van der Waals surface area contributed by atoms with Crippen LogP contribution in [0, 0.1) is 24.7 Å². The van der Waals surface area contributed by atoms with Gasteiger partial charge in [-0.2, -0.15) is 0 Å². The third kappa shape index (κ3) is 4.78. The van der Waals surface area contributed by atoms with E-state index in [2.05, 4.69) is 6.58 Å². The number of fused-ring (bicyclic) bond motifs is 1. The quantitative estimate of drug-likeness (QED) is 0.233. The summed E-state index contributed by atoms with van der Waals surface area (Å²) in [6, 6.07) is 4.54. The topological polar surface area (TPSA) is 96.4 Å². The number of anilines is 1. The van der Waals surface area contributed by atoms with Gasteiger partial charge in [0.1, 0.15) is 17.6 Å². The number of aryl methyl sites for hydroxylation is 1. The molecule has 39 heavy (non-hydrogen) atoms. The molecule has 9 heteroatoms. The third-order valence-corrected chi connectivity index (χ3v) is 9.24. The van der Waals surface area contributed by atoms with Gasteiger partial charge in [-0.15, -0.1) is 6.58 Å². The summed E-state index contributed by atoms with van der Waals surface area (Å²) < 4.78 is 12.2. The van der Waals surface area contributed by atoms with Crippen molar-refractivity contribution in [2.45, 2.75) is 77.0 Å². The van der Waals surface area contributed by atoms with Crippen LogP contribution in [0.3, 0.4) is 0 Å². The van der Waals surface area contributed by atoms with Gasteiger partial charge in [-0.1, -0.05) is 49.6 Å². The number of hydrogen-bond acceptors (Lipinski definition) is 6. The average molecular weight is 561 g/mol. The maximum absolute atomic E-state index is 14.7. The van der Waals surface area contributed by atoms with E-state index in [1.807, 2.05) is 32.9 Å². The van der Waals surface area contributed by atoms with E-state index >= 15 is 0 Å². The minimum Gasteiger partial charge on any atom is -0.466 e. The van der Waals surface area contributed by atoms with Crippen molar-refractivity contribution >= 4 is 35.1 Å². The third-order valence-electron chi connectivity index (χ3n) is 8.93. The summed E-state index contributed by atoms with van der Waals surface area (Å²) in [7, 11) is 0. The molecule has 3 aliphatic rings. The first-order chi connectivity index (χ1) is 18.6. The number of nitrogens with zero attached hydrogens (tertiary/aromatic N) is 2. The summed E-state index contributed by atoms with van der Waals surface area (Å²) in [4.78, 5) is 45.4. The predicted molar refractivity (Wildman–Crippen MR) is 149 cm³/mol. The molecule has 6 atom stereocenters. The Morgan fingerprint density at radius 3 is 2.67 bits per heavy atom. The van der Waals surface area contributed by atoms with Crippen molar-refractivity contribution < 1.29 is 29.0 Å². The van der Waals surface area contributed by atoms with Crippen LogP contribution in [-0.2, 0) is 23.9 Å². The number of halogens is 1. The van der Waals surface area contributed by atoms with Crippen molar-refractivity contribution in [3.05, 3.63) is 41.4 Å². The highest BCUT2D eigenvalue weighted by Gasteiger charge is 2.80. The van der Waals surface area contributed by atoms with Gasteiger partial charge in [0, 0.05) is 19.7 Å². The second kappa shape index (κ2) is 11.6. The Hall–Kier alpha value is -2.42. The maximum Gasteiger partial charge on any atom is 0.312 e. The minimum absolute atomic E-state index is 0.0642. The lowest BCUT2D eigenvalue weighted by atomic mass is 9.62. The smallest absolute Gasteiger partial charge is 0.312 e. The summed E-state index contributed by atoms with van der Waals surface area (Å²) >= 11 is 6.62. The number of esters is 1. The number of benzene rings is 1. The molecule has 1 aromatic rings. The summed E-state index contributed by atoms with van der Waals surface area (Å²) in [6.07, 6.45) is 5.11. The molecular formula is C30H41ClN2O6. The lowest BCUT2D eigenvalue weighted by molar-refractivity contribution is -0.161. The van der Waals surface area contributed by atoms with Gasteiger partial charge in [0.15, 0.2) is 0 Å². The fraction of sp³-hybridized carbons (Fsp3) is 0.633. The van der Waals surface area contributed by atoms with E-state index in [4.69, 9.17) is 26.2 Å². The first-order valence-corrected chi connectivity index (χ1v) is 14.4. The number of para-hydroxylation sites is 1. The number of aliphatic hydroxyl groups is 1. The fourth-order valence-electron chi connectivity index (χ4n) is 7.13. The number of carbonyl (C=O) groups is 3. The molecule has 1 spiro atoms. The Morgan fingerprint density at radius 1 is 1.31 bits per heavy atom. The van der Waals surface area contributed by atoms with Crippen LogP contribution in [0.1, 0.15) is 58.4 Å². The van der Waals surface area contributed by atoms with Crippen LogP contribution < -0.4 is 4.90 Å². The number of hydrogen-bond donors (Lipinski definition) is 1. The lowest BCUT2D eigenvalue weighted by Gasteiger charge is -2.37. The largest absolute Gasteiger partial charge is 0.466 e. The zero-order valence-corrected chi connectivity index (χ0v) is 24.2. The Kier molecular flexibility index (Phi) is 8.79. The predicted octanol–water partition coefficient (Wildman–Crippen LogP) is 4.29. The summed E-state index contributed by atoms with van der Waals surface area (Å²) in [6.45, 7) is 12.3. The number of aliphatic hydroxyl groups excluding tert-OH is 1. The molecule has 2 amide bonds. The molecule has 0 aliphatic carbocycles. The molecule has 3 heterocycles. The number of rotatable bonds is 12. The number of unbranched alkanes of at least 4 members (excludes halogenated alkanes) is 3. The molecule has 214 valence electrons. The van der Waals surface area contributed by atoms with Crippen molar-refractivity contribution in [3.8, 4) is 0 Å². The Balaban J connectivity index is 1.80. The van der Waals surface area contributed by atoms with Crippen LogP contribution in [0.2, 0.25) is 5.02 Å². The van der Waals surface area contributed by atoms with Crippen molar-refractivity contribution in [2.75, 3.05) is 31.2 Å². The minimum atomic E-state index is -1.15. The molecule has 3 saturated heterocycles. The molecule has 2 bridgehead atoms. The number of ether oxygens (including phenoxy) is 2. The zero-order chi connectivity index (χ0) is 28.5. The zero-order valence-electron chi connectivity index (χ0n) is 23.5. The maximum atomic E-state index is 14.7. The van der Waals surface area contributed by atoms with E-state index < -0.39 is 35.0 Å². The van der Waals surface area contributed by atoms with Gasteiger partial charge >= 0.3 is 5.97 Å². The molecule has 0 aromatic heterocycles. The molecular weight excluding hydrogens is 520 g/mol. The fourth-order valence-corrected chi connectivity index (χ4v) is 7.45. The van der Waals surface area contributed by atoms with Gasteiger partial charge in [-0.3, -0.25) is 14.4 Å². The number of likely N-dealkylation sites (tertiary alicyclic amines) is 1. The summed E-state index contributed by atoms with van der Waals surface area (Å²) in [5.41, 5.74) is -0.664. The van der Waals surface area contributed by atoms with Crippen molar-refractivity contribution in [1.82, 2.24) is 4.90 Å². The summed E-state index contributed by atoms with van der Waals surface area (Å²) in [5, 5.41) is 9.59. The molecule has 1 N–H and O–H groups in total. The molecule has 3 unspecified atom stereocenters. The van der Waals surface area contributed by atoms with Gasteiger partial charge in [-0.25, -0.2) is 0 Å². The van der Waals surface area contributed by atoms with Crippen LogP contribution >= 0.6 is 11.6 Å². The average Bonchev–Trinajstić information content (AvgIpc) is 3.39. The van der Waals surface area contributed by atoms with E-state index in [0.29, 0.717) is 36.5 Å². The monoisotopic (exact) mass is 560 g/mol. The Morgan fingerprint density at radius 2 is 2.03 bits per heavy atom. The van der Waals surface area contributed by atoms with Crippen LogP contribution in [-0.4, -0.2) is 71.3 Å². The molecule has 4 rings (SSSR count). The standard InChI is InChI=1S/C30H41ClN2O6/c1-6-15-32(24-19(3)13-12-14-21(24)31)27(36)25-30-18-20(4)29(5,39-30)23(28(37)38-7-2)22(30)26(35)33(25)16-10-8-9-11-17-34/h6,12-14,20,22-23,25,34H,1,7-11,15-18H2,2-5H3/t20?,22-,23-,25?,29+,30?/m0/s1. The van der Waals surface area contributed by atoms with Gasteiger partial charge in [0.25, 0.3) is 5.91 Å². The SMILES string of the molecule is C=CCN(C(=O)C1N(CCCCCCO)C(=O)[C@@H]2[C@@H](C(=O)OCC)[C@]3(C)OC12CC3C)c1c(C)cccc1Cl. The van der Waals surface area contributed by atoms with Crippen molar-refractivity contribution in [1.29, 1.82) is 0 Å². The second-order valence-corrected chi connectivity index (χ2v) is 11.7. The second-order valence-electron chi connectivity index (χ2n) is 11.3. The van der Waals surface area contributed by atoms with Crippen LogP contribution in [0.15, 0.2) is 30.9 Å². The van der Waals surface area contributed by atoms with Crippen LogP contribution in [0.5, 0.6) is 0 Å². The van der Waals surface area contributed by atoms with E-state index in [1.54, 1.807) is 28.9 Å². The molecule has 3 fully saturated rings. The molecule has 0 radical (unpaired) electrons. The number of carbonyl (C=O) groups excluding carboxylic acids is 3. The van der Waals surface area contributed by atoms with Crippen LogP contribution in [0.4, 0.5) is 5.69 Å². The van der Waals surface area contributed by atoms with Crippen molar-refractivity contribution in [2.24, 2.45) is 17.8 Å². The van der Waals surface area contributed by atoms with E-state index in [9.17, 15) is 14.4 Å². The molecule has 0 saturated carbocycles.